The minimum absolute atomic E-state index is 0.0285. The fraction of sp³-hybridized carbons (Fsp3) is 0.615. The van der Waals surface area contributed by atoms with Crippen molar-refractivity contribution in [1.82, 2.24) is 15.1 Å². The lowest BCUT2D eigenvalue weighted by Gasteiger charge is -2.22. The van der Waals surface area contributed by atoms with Gasteiger partial charge in [0, 0.05) is 12.6 Å². The van der Waals surface area contributed by atoms with Crippen LogP contribution in [0.3, 0.4) is 0 Å². The normalized spacial score (nSPS) is 14.5. The minimum Gasteiger partial charge on any atom is -0.334 e. The molecule has 0 unspecified atom stereocenters. The topological polar surface area (TPSA) is 84.1 Å². The summed E-state index contributed by atoms with van der Waals surface area (Å²) in [5.74, 6) is 6.24. The van der Waals surface area contributed by atoms with E-state index < -0.39 is 0 Å². The molecule has 0 saturated heterocycles. The molecule has 6 heteroatoms. The fourth-order valence-electron chi connectivity index (χ4n) is 1.90. The average Bonchev–Trinajstić information content (AvgIpc) is 3.23. The maximum Gasteiger partial charge on any atom is 0.274 e. The number of rotatable bonds is 6. The molecular formula is C13H21N5O. The number of nitrogens with two attached hydrogens (primary N) is 1. The van der Waals surface area contributed by atoms with Gasteiger partial charge in [0.05, 0.1) is 0 Å². The van der Waals surface area contributed by atoms with Crippen molar-refractivity contribution in [2.75, 3.05) is 12.0 Å². The number of nitrogen functional groups attached to an aromatic ring is 1. The van der Waals surface area contributed by atoms with Gasteiger partial charge < -0.3 is 10.3 Å². The number of hydrogen-bond acceptors (Lipinski definition) is 5. The van der Waals surface area contributed by atoms with E-state index in [0.717, 1.165) is 25.8 Å². The Kier molecular flexibility index (Phi) is 4.31. The SMILES string of the molecule is CC(C)CCN(C(=O)c1ccc(NN)nn1)C1CC1. The molecule has 2 rings (SSSR count). The van der Waals surface area contributed by atoms with Gasteiger partial charge in [-0.05, 0) is 37.3 Å². The quantitative estimate of drug-likeness (QED) is 0.599. The number of carbonyl (C=O) groups is 1. The Labute approximate surface area is 113 Å². The molecule has 19 heavy (non-hydrogen) atoms. The molecule has 1 aliphatic carbocycles. The lowest BCUT2D eigenvalue weighted by Crippen LogP contribution is -2.35. The average molecular weight is 263 g/mol. The van der Waals surface area contributed by atoms with Crippen LogP contribution in [0.15, 0.2) is 12.1 Å². The highest BCUT2D eigenvalue weighted by Crippen LogP contribution is 2.28. The van der Waals surface area contributed by atoms with Crippen LogP contribution in [0.1, 0.15) is 43.6 Å². The largest absolute Gasteiger partial charge is 0.334 e. The number of hydrogen-bond donors (Lipinski definition) is 2. The first-order valence-electron chi connectivity index (χ1n) is 6.73. The van der Waals surface area contributed by atoms with E-state index in [0.29, 0.717) is 23.5 Å². The number of aromatic nitrogens is 2. The molecule has 1 aliphatic rings. The summed E-state index contributed by atoms with van der Waals surface area (Å²) >= 11 is 0. The van der Waals surface area contributed by atoms with Crippen LogP contribution in [0.25, 0.3) is 0 Å². The van der Waals surface area contributed by atoms with Crippen LogP contribution < -0.4 is 11.3 Å². The summed E-state index contributed by atoms with van der Waals surface area (Å²) in [6, 6.07) is 3.71. The Balaban J connectivity index is 2.05. The van der Waals surface area contributed by atoms with E-state index in [-0.39, 0.29) is 5.91 Å². The van der Waals surface area contributed by atoms with Crippen LogP contribution in [0, 0.1) is 5.92 Å². The van der Waals surface area contributed by atoms with Gasteiger partial charge in [-0.1, -0.05) is 13.8 Å². The van der Waals surface area contributed by atoms with E-state index in [9.17, 15) is 4.79 Å². The van der Waals surface area contributed by atoms with Gasteiger partial charge >= 0.3 is 0 Å². The fourth-order valence-corrected chi connectivity index (χ4v) is 1.90. The number of nitrogens with zero attached hydrogens (tertiary/aromatic N) is 3. The first-order chi connectivity index (χ1) is 9.11. The van der Waals surface area contributed by atoms with Crippen molar-refractivity contribution in [2.45, 2.75) is 39.2 Å². The molecule has 0 bridgehead atoms. The highest BCUT2D eigenvalue weighted by molar-refractivity contribution is 5.92. The number of carbonyl (C=O) groups excluding carboxylic acids is 1. The highest BCUT2D eigenvalue weighted by Gasteiger charge is 2.33. The summed E-state index contributed by atoms with van der Waals surface area (Å²) < 4.78 is 0. The summed E-state index contributed by atoms with van der Waals surface area (Å²) in [6.45, 7) is 5.12. The van der Waals surface area contributed by atoms with Crippen LogP contribution in [-0.2, 0) is 0 Å². The van der Waals surface area contributed by atoms with Crippen molar-refractivity contribution in [2.24, 2.45) is 11.8 Å². The summed E-state index contributed by atoms with van der Waals surface area (Å²) in [7, 11) is 0. The number of nitrogens with one attached hydrogen (secondary N) is 1. The van der Waals surface area contributed by atoms with Crippen LogP contribution in [0.5, 0.6) is 0 Å². The van der Waals surface area contributed by atoms with Gasteiger partial charge in [0.1, 0.15) is 0 Å². The molecule has 6 nitrogen and oxygen atoms in total. The molecule has 0 radical (unpaired) electrons. The zero-order chi connectivity index (χ0) is 13.8. The van der Waals surface area contributed by atoms with E-state index in [1.165, 1.54) is 0 Å². The molecule has 1 heterocycles. The van der Waals surface area contributed by atoms with Crippen molar-refractivity contribution in [1.29, 1.82) is 0 Å². The lowest BCUT2D eigenvalue weighted by molar-refractivity contribution is 0.0728. The summed E-state index contributed by atoms with van der Waals surface area (Å²) in [6.07, 6.45) is 3.21. The molecule has 0 spiro atoms. The third kappa shape index (κ3) is 3.64. The number of hydrazine groups is 1. The van der Waals surface area contributed by atoms with E-state index in [1.54, 1.807) is 12.1 Å². The van der Waals surface area contributed by atoms with Gasteiger partial charge in [-0.15, -0.1) is 10.2 Å². The predicted molar refractivity (Wildman–Crippen MR) is 73.4 cm³/mol. The molecule has 104 valence electrons. The van der Waals surface area contributed by atoms with Crippen LogP contribution in [0.2, 0.25) is 0 Å². The Morgan fingerprint density at radius 3 is 2.68 bits per heavy atom. The molecule has 3 N–H and O–H groups in total. The van der Waals surface area contributed by atoms with Crippen molar-refractivity contribution in [3.63, 3.8) is 0 Å². The van der Waals surface area contributed by atoms with Crippen molar-refractivity contribution in [3.8, 4) is 0 Å². The van der Waals surface area contributed by atoms with Crippen molar-refractivity contribution in [3.05, 3.63) is 17.8 Å². The predicted octanol–water partition coefficient (Wildman–Crippen LogP) is 1.41. The molecule has 0 aromatic carbocycles. The summed E-state index contributed by atoms with van der Waals surface area (Å²) in [4.78, 5) is 14.3. The van der Waals surface area contributed by atoms with E-state index in [2.05, 4.69) is 29.5 Å². The lowest BCUT2D eigenvalue weighted by atomic mass is 10.1. The molecule has 1 aromatic rings. The maximum absolute atomic E-state index is 12.4. The smallest absolute Gasteiger partial charge is 0.274 e. The van der Waals surface area contributed by atoms with Crippen molar-refractivity contribution < 1.29 is 4.79 Å². The zero-order valence-corrected chi connectivity index (χ0v) is 11.5. The Hall–Kier alpha value is -1.69. The first kappa shape index (κ1) is 13.7. The van der Waals surface area contributed by atoms with Crippen LogP contribution in [0.4, 0.5) is 5.82 Å². The molecule has 0 aliphatic heterocycles. The number of anilines is 1. The van der Waals surface area contributed by atoms with Gasteiger partial charge in [-0.2, -0.15) is 0 Å². The van der Waals surface area contributed by atoms with Gasteiger partial charge in [0.2, 0.25) is 0 Å². The minimum atomic E-state index is -0.0285. The Bertz CT molecular complexity index is 427. The Morgan fingerprint density at radius 1 is 1.47 bits per heavy atom. The van der Waals surface area contributed by atoms with E-state index >= 15 is 0 Å². The summed E-state index contributed by atoms with van der Waals surface area (Å²) in [5.41, 5.74) is 2.78. The van der Waals surface area contributed by atoms with Crippen LogP contribution >= 0.6 is 0 Å². The molecule has 1 amide bonds. The third-order valence-corrected chi connectivity index (χ3v) is 3.23. The van der Waals surface area contributed by atoms with Crippen molar-refractivity contribution >= 4 is 11.7 Å². The maximum atomic E-state index is 12.4. The van der Waals surface area contributed by atoms with Gasteiger partial charge in [0.15, 0.2) is 11.5 Å². The second-order valence-corrected chi connectivity index (χ2v) is 5.36. The monoisotopic (exact) mass is 263 g/mol. The number of amides is 1. The second-order valence-electron chi connectivity index (χ2n) is 5.36. The highest BCUT2D eigenvalue weighted by atomic mass is 16.2. The van der Waals surface area contributed by atoms with Gasteiger partial charge in [0.25, 0.3) is 5.91 Å². The molecule has 1 saturated carbocycles. The second kappa shape index (κ2) is 5.97. The van der Waals surface area contributed by atoms with Crippen LogP contribution in [-0.4, -0.2) is 33.6 Å². The van der Waals surface area contributed by atoms with Gasteiger partial charge in [-0.25, -0.2) is 5.84 Å². The molecule has 0 atom stereocenters. The summed E-state index contributed by atoms with van der Waals surface area (Å²) in [5, 5.41) is 7.77. The zero-order valence-electron chi connectivity index (χ0n) is 11.5. The first-order valence-corrected chi connectivity index (χ1v) is 6.73. The van der Waals surface area contributed by atoms with Gasteiger partial charge in [-0.3, -0.25) is 4.79 Å². The Morgan fingerprint density at radius 2 is 2.21 bits per heavy atom. The van der Waals surface area contributed by atoms with E-state index in [1.807, 2.05) is 4.90 Å². The van der Waals surface area contributed by atoms with E-state index in [4.69, 9.17) is 5.84 Å². The third-order valence-electron chi connectivity index (χ3n) is 3.23. The molecule has 1 fully saturated rings. The molecule has 1 aromatic heterocycles. The molecular weight excluding hydrogens is 242 g/mol. The standard InChI is InChI=1S/C13H21N5O/c1-9(2)7-8-18(10-3-4-10)13(19)11-5-6-12(15-14)17-16-11/h5-6,9-10H,3-4,7-8,14H2,1-2H3,(H,15,17).